The van der Waals surface area contributed by atoms with Crippen LogP contribution < -0.4 is 5.32 Å². The average Bonchev–Trinajstić information content (AvgIpc) is 3.34. The first-order chi connectivity index (χ1) is 22.7. The molecule has 262 valence electrons. The lowest BCUT2D eigenvalue weighted by Crippen LogP contribution is -2.58. The summed E-state index contributed by atoms with van der Waals surface area (Å²) in [6, 6.07) is 10.4. The van der Waals surface area contributed by atoms with Gasteiger partial charge in [0, 0.05) is 36.8 Å². The summed E-state index contributed by atoms with van der Waals surface area (Å²) in [7, 11) is 0. The molecular formula is C40H55NO7. The standard InChI is InChI=1S/C40H55NO7/c1-36(2)26-39(21-23-48-36,27-8-6-5-7-9-27)20-22-41-34(44)12-13-35(45)47-25-33(43)40(46)19-16-32-30-11-10-28-24-29(42)14-17-37(28,3)31(30)15-18-38(32,40)4/h5-9,24,30-32,46H,10-23,25-26H2,1-4H3,(H,41,44)/t30-,31-,32-,37+,38+,39+,40+/m0/s1. The van der Waals surface area contributed by atoms with E-state index in [2.05, 4.69) is 45.1 Å². The highest BCUT2D eigenvalue weighted by Gasteiger charge is 2.66. The van der Waals surface area contributed by atoms with Gasteiger partial charge >= 0.3 is 5.97 Å². The first-order valence-corrected chi connectivity index (χ1v) is 18.3. The lowest BCUT2D eigenvalue weighted by Gasteiger charge is -2.58. The maximum absolute atomic E-state index is 13.6. The van der Waals surface area contributed by atoms with Crippen LogP contribution in [-0.4, -0.2) is 59.5 Å². The first-order valence-electron chi connectivity index (χ1n) is 18.3. The Balaban J connectivity index is 0.981. The Morgan fingerprint density at radius 3 is 2.44 bits per heavy atom. The molecule has 3 saturated carbocycles. The van der Waals surface area contributed by atoms with Crippen LogP contribution >= 0.6 is 0 Å². The average molecular weight is 662 g/mol. The number of nitrogens with one attached hydrogen (secondary N) is 1. The van der Waals surface area contributed by atoms with E-state index in [9.17, 15) is 24.3 Å². The SMILES string of the molecule is CC1(C)C[C@](CCNC(=O)CCC(=O)OCC(=O)[C@]2(O)CC[C@H]3[C@H]4CCC5=CC(=O)CC[C@@]5(C)[C@H]4CC[C@]32C)(c2ccccc2)CCO1. The van der Waals surface area contributed by atoms with Gasteiger partial charge in [0.15, 0.2) is 12.4 Å². The van der Waals surface area contributed by atoms with Gasteiger partial charge in [0.25, 0.3) is 0 Å². The van der Waals surface area contributed by atoms with Crippen molar-refractivity contribution in [1.82, 2.24) is 5.32 Å². The van der Waals surface area contributed by atoms with Crippen molar-refractivity contribution in [3.8, 4) is 0 Å². The second kappa shape index (κ2) is 13.1. The first kappa shape index (κ1) is 35.0. The van der Waals surface area contributed by atoms with Crippen molar-refractivity contribution in [2.24, 2.45) is 28.6 Å². The number of amides is 1. The number of allylic oxidation sites excluding steroid dienone is 1. The number of hydrogen-bond acceptors (Lipinski definition) is 7. The molecule has 1 amide bonds. The highest BCUT2D eigenvalue weighted by Crippen LogP contribution is 2.67. The molecule has 2 N–H and O–H groups in total. The van der Waals surface area contributed by atoms with Gasteiger partial charge in [-0.3, -0.25) is 19.2 Å². The van der Waals surface area contributed by atoms with E-state index < -0.39 is 29.4 Å². The third-order valence-electron chi connectivity index (χ3n) is 13.6. The van der Waals surface area contributed by atoms with Crippen LogP contribution in [0.3, 0.4) is 0 Å². The molecule has 1 saturated heterocycles. The second-order valence-corrected chi connectivity index (χ2v) is 16.7. The van der Waals surface area contributed by atoms with Gasteiger partial charge in [0.1, 0.15) is 5.60 Å². The van der Waals surface area contributed by atoms with E-state index in [0.717, 1.165) is 57.8 Å². The summed E-state index contributed by atoms with van der Waals surface area (Å²) in [6.07, 6.45) is 10.5. The van der Waals surface area contributed by atoms with Crippen molar-refractivity contribution < 1.29 is 33.8 Å². The van der Waals surface area contributed by atoms with Crippen molar-refractivity contribution in [1.29, 1.82) is 0 Å². The van der Waals surface area contributed by atoms with Gasteiger partial charge < -0.3 is 19.9 Å². The minimum atomic E-state index is -1.53. The summed E-state index contributed by atoms with van der Waals surface area (Å²) < 4.78 is 11.4. The smallest absolute Gasteiger partial charge is 0.306 e. The number of Topliss-reactive ketones (excluding diaryl/α,β-unsaturated/α-hetero) is 1. The van der Waals surface area contributed by atoms with E-state index in [-0.39, 0.29) is 46.9 Å². The zero-order chi connectivity index (χ0) is 34.4. The van der Waals surface area contributed by atoms with E-state index >= 15 is 0 Å². The number of benzene rings is 1. The Kier molecular flexibility index (Phi) is 9.57. The molecule has 4 fully saturated rings. The molecule has 4 aliphatic carbocycles. The fourth-order valence-corrected chi connectivity index (χ4v) is 11.0. The Morgan fingerprint density at radius 2 is 1.69 bits per heavy atom. The maximum atomic E-state index is 13.6. The highest BCUT2D eigenvalue weighted by molar-refractivity contribution is 5.92. The molecule has 0 unspecified atom stereocenters. The number of hydrogen-bond donors (Lipinski definition) is 2. The van der Waals surface area contributed by atoms with Crippen molar-refractivity contribution >= 4 is 23.4 Å². The van der Waals surface area contributed by atoms with E-state index in [1.165, 1.54) is 11.1 Å². The van der Waals surface area contributed by atoms with Crippen LogP contribution in [0.25, 0.3) is 0 Å². The van der Waals surface area contributed by atoms with Gasteiger partial charge in [-0.2, -0.15) is 0 Å². The van der Waals surface area contributed by atoms with Crippen molar-refractivity contribution in [2.45, 2.75) is 128 Å². The van der Waals surface area contributed by atoms with Crippen LogP contribution in [0.2, 0.25) is 0 Å². The predicted octanol–water partition coefficient (Wildman–Crippen LogP) is 6.18. The van der Waals surface area contributed by atoms with E-state index in [4.69, 9.17) is 9.47 Å². The normalized spacial score (nSPS) is 37.0. The molecule has 7 atom stereocenters. The number of rotatable bonds is 10. The van der Waals surface area contributed by atoms with Crippen LogP contribution in [0.1, 0.15) is 117 Å². The molecule has 0 aromatic heterocycles. The van der Waals surface area contributed by atoms with Crippen LogP contribution in [0.4, 0.5) is 0 Å². The van der Waals surface area contributed by atoms with Crippen molar-refractivity contribution in [3.63, 3.8) is 0 Å². The fourth-order valence-electron chi connectivity index (χ4n) is 11.0. The number of ketones is 2. The number of esters is 1. The minimum absolute atomic E-state index is 0.0200. The number of ether oxygens (including phenoxy) is 2. The largest absolute Gasteiger partial charge is 0.458 e. The maximum Gasteiger partial charge on any atom is 0.306 e. The molecule has 8 nitrogen and oxygen atoms in total. The summed E-state index contributed by atoms with van der Waals surface area (Å²) in [6.45, 7) is 9.28. The van der Waals surface area contributed by atoms with Crippen LogP contribution in [0.15, 0.2) is 42.0 Å². The van der Waals surface area contributed by atoms with Crippen molar-refractivity contribution in [2.75, 3.05) is 19.8 Å². The topological polar surface area (TPSA) is 119 Å². The Hall–Kier alpha value is -2.84. The predicted molar refractivity (Wildman–Crippen MR) is 182 cm³/mol. The van der Waals surface area contributed by atoms with Gasteiger partial charge in [-0.05, 0) is 113 Å². The molecule has 1 heterocycles. The molecule has 8 heteroatoms. The Labute approximate surface area is 285 Å². The third-order valence-corrected chi connectivity index (χ3v) is 13.6. The number of fused-ring (bicyclic) bond motifs is 5. The molecule has 6 rings (SSSR count). The van der Waals surface area contributed by atoms with Crippen LogP contribution in [0.5, 0.6) is 0 Å². The van der Waals surface area contributed by atoms with Gasteiger partial charge in [0.2, 0.25) is 11.7 Å². The van der Waals surface area contributed by atoms with Gasteiger partial charge in [-0.1, -0.05) is 49.8 Å². The summed E-state index contributed by atoms with van der Waals surface area (Å²) in [4.78, 5) is 51.1. The van der Waals surface area contributed by atoms with Gasteiger partial charge in [-0.25, -0.2) is 0 Å². The van der Waals surface area contributed by atoms with E-state index in [1.807, 2.05) is 24.3 Å². The van der Waals surface area contributed by atoms with E-state index in [0.29, 0.717) is 37.8 Å². The van der Waals surface area contributed by atoms with Gasteiger partial charge in [0.05, 0.1) is 12.0 Å². The molecule has 1 aliphatic heterocycles. The molecule has 0 radical (unpaired) electrons. The number of aliphatic hydroxyl groups is 1. The lowest BCUT2D eigenvalue weighted by atomic mass is 9.46. The number of carbonyl (C=O) groups is 4. The second-order valence-electron chi connectivity index (χ2n) is 16.7. The van der Waals surface area contributed by atoms with Gasteiger partial charge in [-0.15, -0.1) is 0 Å². The highest BCUT2D eigenvalue weighted by atomic mass is 16.5. The molecule has 48 heavy (non-hydrogen) atoms. The molecular weight excluding hydrogens is 606 g/mol. The summed E-state index contributed by atoms with van der Waals surface area (Å²) >= 11 is 0. The molecule has 5 aliphatic rings. The third kappa shape index (κ3) is 6.32. The van der Waals surface area contributed by atoms with E-state index in [1.54, 1.807) is 0 Å². The summed E-state index contributed by atoms with van der Waals surface area (Å²) in [5.74, 6) is 0.0535. The molecule has 1 aromatic carbocycles. The van der Waals surface area contributed by atoms with Crippen LogP contribution in [0, 0.1) is 28.6 Å². The monoisotopic (exact) mass is 661 g/mol. The lowest BCUT2D eigenvalue weighted by molar-refractivity contribution is -0.170. The number of carbonyl (C=O) groups excluding carboxylic acids is 4. The van der Waals surface area contributed by atoms with Crippen LogP contribution in [-0.2, 0) is 34.1 Å². The Morgan fingerprint density at radius 1 is 0.938 bits per heavy atom. The Bertz CT molecular complexity index is 1450. The zero-order valence-corrected chi connectivity index (χ0v) is 29.4. The molecule has 0 bridgehead atoms. The quantitative estimate of drug-likeness (QED) is 0.288. The van der Waals surface area contributed by atoms with Crippen molar-refractivity contribution in [3.05, 3.63) is 47.5 Å². The molecule has 1 aromatic rings. The zero-order valence-electron chi connectivity index (χ0n) is 29.4. The summed E-state index contributed by atoms with van der Waals surface area (Å²) in [5.41, 5.74) is 0.112. The summed E-state index contributed by atoms with van der Waals surface area (Å²) in [5, 5.41) is 14.9. The fraction of sp³-hybridized carbons (Fsp3) is 0.700. The minimum Gasteiger partial charge on any atom is -0.458 e. The molecule has 0 spiro atoms.